The number of hydrogen-bond acceptors (Lipinski definition) is 5. The number of para-hydroxylation sites is 1. The second kappa shape index (κ2) is 8.10. The van der Waals surface area contributed by atoms with Gasteiger partial charge in [-0.3, -0.25) is 4.79 Å². The van der Waals surface area contributed by atoms with E-state index in [1.54, 1.807) is 6.07 Å². The van der Waals surface area contributed by atoms with E-state index < -0.39 is 5.91 Å². The Morgan fingerprint density at radius 2 is 1.92 bits per heavy atom. The number of nitrogens with zero attached hydrogens (tertiary/aromatic N) is 1. The molecule has 0 radical (unpaired) electrons. The molecule has 1 heterocycles. The Morgan fingerprint density at radius 3 is 2.65 bits per heavy atom. The Labute approximate surface area is 154 Å². The summed E-state index contributed by atoms with van der Waals surface area (Å²) in [6, 6.07) is 13.5. The van der Waals surface area contributed by atoms with E-state index in [2.05, 4.69) is 29.4 Å². The molecule has 1 aliphatic heterocycles. The Kier molecular flexibility index (Phi) is 5.63. The van der Waals surface area contributed by atoms with Crippen molar-refractivity contribution in [3.8, 4) is 5.75 Å². The number of carbonyl (C=O) groups is 1. The van der Waals surface area contributed by atoms with E-state index in [0.717, 1.165) is 42.3 Å². The third-order valence-corrected chi connectivity index (χ3v) is 4.68. The van der Waals surface area contributed by atoms with Crippen LogP contribution >= 0.6 is 0 Å². The Hall–Kier alpha value is -2.73. The number of ether oxygens (including phenoxy) is 1. The van der Waals surface area contributed by atoms with Crippen molar-refractivity contribution in [2.24, 2.45) is 5.73 Å². The average Bonchev–Trinajstić information content (AvgIpc) is 3.09. The molecule has 1 unspecified atom stereocenters. The molecule has 1 aliphatic rings. The molecule has 6 nitrogen and oxygen atoms in total. The van der Waals surface area contributed by atoms with Crippen LogP contribution in [0.2, 0.25) is 0 Å². The van der Waals surface area contributed by atoms with Crippen LogP contribution in [0, 0.1) is 0 Å². The molecule has 138 valence electrons. The van der Waals surface area contributed by atoms with Crippen molar-refractivity contribution in [3.63, 3.8) is 0 Å². The molecule has 0 fully saturated rings. The Bertz CT molecular complexity index is 774. The van der Waals surface area contributed by atoms with Gasteiger partial charge in [0.1, 0.15) is 18.5 Å². The number of fused-ring (bicyclic) bond motifs is 1. The lowest BCUT2D eigenvalue weighted by Gasteiger charge is -2.19. The van der Waals surface area contributed by atoms with Gasteiger partial charge in [-0.05, 0) is 42.9 Å². The maximum absolute atomic E-state index is 11.6. The second-order valence-corrected chi connectivity index (χ2v) is 6.26. The topological polar surface area (TPSA) is 79.6 Å². The van der Waals surface area contributed by atoms with Gasteiger partial charge in [-0.2, -0.15) is 0 Å². The van der Waals surface area contributed by atoms with Gasteiger partial charge in [0.25, 0.3) is 5.91 Å². The van der Waals surface area contributed by atoms with Crippen LogP contribution in [0.25, 0.3) is 0 Å². The largest absolute Gasteiger partial charge is 0.492 e. The molecule has 0 aliphatic carbocycles. The van der Waals surface area contributed by atoms with E-state index in [-0.39, 0.29) is 6.17 Å². The first-order valence-electron chi connectivity index (χ1n) is 9.03. The zero-order chi connectivity index (χ0) is 18.5. The van der Waals surface area contributed by atoms with Crippen LogP contribution in [0.4, 0.5) is 11.4 Å². The van der Waals surface area contributed by atoms with Crippen LogP contribution in [-0.2, 0) is 0 Å². The molecule has 1 atom stereocenters. The van der Waals surface area contributed by atoms with E-state index >= 15 is 0 Å². The predicted molar refractivity (Wildman–Crippen MR) is 105 cm³/mol. The van der Waals surface area contributed by atoms with Gasteiger partial charge in [0.05, 0.1) is 16.9 Å². The van der Waals surface area contributed by atoms with Crippen molar-refractivity contribution in [2.75, 3.05) is 36.9 Å². The Balaban J connectivity index is 1.68. The lowest BCUT2D eigenvalue weighted by molar-refractivity contribution is 0.100. The molecule has 2 aromatic carbocycles. The van der Waals surface area contributed by atoms with E-state index in [1.807, 2.05) is 36.4 Å². The number of carbonyl (C=O) groups excluding carboxylic acids is 1. The zero-order valence-electron chi connectivity index (χ0n) is 15.3. The first kappa shape index (κ1) is 18.1. The normalized spacial score (nSPS) is 15.3. The van der Waals surface area contributed by atoms with Crippen LogP contribution in [-0.4, -0.2) is 37.0 Å². The highest BCUT2D eigenvalue weighted by Crippen LogP contribution is 2.38. The molecule has 1 amide bonds. The molecule has 0 bridgehead atoms. The van der Waals surface area contributed by atoms with Crippen molar-refractivity contribution in [3.05, 3.63) is 53.6 Å². The summed E-state index contributed by atoms with van der Waals surface area (Å²) in [6.45, 7) is 7.92. The fraction of sp³-hybridized carbons (Fsp3) is 0.350. The molecule has 0 saturated carbocycles. The summed E-state index contributed by atoms with van der Waals surface area (Å²) >= 11 is 0. The van der Waals surface area contributed by atoms with Gasteiger partial charge < -0.3 is 26.0 Å². The number of benzene rings is 2. The molecule has 6 heteroatoms. The second-order valence-electron chi connectivity index (χ2n) is 6.26. The molecule has 3 rings (SSSR count). The monoisotopic (exact) mass is 354 g/mol. The number of anilines is 2. The first-order valence-corrected chi connectivity index (χ1v) is 9.03. The summed E-state index contributed by atoms with van der Waals surface area (Å²) in [4.78, 5) is 13.9. The zero-order valence-corrected chi connectivity index (χ0v) is 15.3. The van der Waals surface area contributed by atoms with Crippen LogP contribution in [0.1, 0.15) is 35.9 Å². The predicted octanol–water partition coefficient (Wildman–Crippen LogP) is 3.04. The molecule has 0 aromatic heterocycles. The molecule has 4 N–H and O–H groups in total. The molecule has 0 saturated heterocycles. The SMILES string of the molecule is CCN(CC)CCOc1cccc(C2Nc3cccc(C(N)=O)c3N2)c1. The van der Waals surface area contributed by atoms with E-state index in [9.17, 15) is 4.79 Å². The number of amides is 1. The minimum Gasteiger partial charge on any atom is -0.492 e. The van der Waals surface area contributed by atoms with E-state index in [1.165, 1.54) is 0 Å². The van der Waals surface area contributed by atoms with Gasteiger partial charge in [-0.1, -0.05) is 32.0 Å². The highest BCUT2D eigenvalue weighted by Gasteiger charge is 2.25. The highest BCUT2D eigenvalue weighted by molar-refractivity contribution is 6.02. The third-order valence-electron chi connectivity index (χ3n) is 4.68. The number of primary amides is 1. The maximum Gasteiger partial charge on any atom is 0.250 e. The average molecular weight is 354 g/mol. The molecular formula is C20H26N4O2. The van der Waals surface area contributed by atoms with Crippen LogP contribution in [0.3, 0.4) is 0 Å². The van der Waals surface area contributed by atoms with Crippen LogP contribution in [0.15, 0.2) is 42.5 Å². The summed E-state index contributed by atoms with van der Waals surface area (Å²) in [7, 11) is 0. The summed E-state index contributed by atoms with van der Waals surface area (Å²) in [6.07, 6.45) is -0.128. The number of rotatable bonds is 8. The van der Waals surface area contributed by atoms with Gasteiger partial charge in [-0.25, -0.2) is 0 Å². The minimum absolute atomic E-state index is 0.128. The van der Waals surface area contributed by atoms with Crippen molar-refractivity contribution >= 4 is 17.3 Å². The van der Waals surface area contributed by atoms with Crippen LogP contribution in [0.5, 0.6) is 5.75 Å². The molecule has 0 spiro atoms. The van der Waals surface area contributed by atoms with Gasteiger partial charge in [0.15, 0.2) is 0 Å². The van der Waals surface area contributed by atoms with Gasteiger partial charge >= 0.3 is 0 Å². The number of nitrogens with one attached hydrogen (secondary N) is 2. The van der Waals surface area contributed by atoms with Crippen molar-refractivity contribution in [1.82, 2.24) is 4.90 Å². The smallest absolute Gasteiger partial charge is 0.250 e. The van der Waals surface area contributed by atoms with Crippen molar-refractivity contribution in [1.29, 1.82) is 0 Å². The molecule has 26 heavy (non-hydrogen) atoms. The minimum atomic E-state index is -0.440. The van der Waals surface area contributed by atoms with Crippen molar-refractivity contribution in [2.45, 2.75) is 20.0 Å². The van der Waals surface area contributed by atoms with Gasteiger partial charge in [-0.15, -0.1) is 0 Å². The summed E-state index contributed by atoms with van der Waals surface area (Å²) in [5, 5.41) is 6.73. The maximum atomic E-state index is 11.6. The lowest BCUT2D eigenvalue weighted by Crippen LogP contribution is -2.27. The highest BCUT2D eigenvalue weighted by atomic mass is 16.5. The number of hydrogen-bond donors (Lipinski definition) is 3. The fourth-order valence-corrected chi connectivity index (χ4v) is 3.15. The van der Waals surface area contributed by atoms with E-state index in [4.69, 9.17) is 10.5 Å². The third kappa shape index (κ3) is 3.91. The first-order chi connectivity index (χ1) is 12.6. The summed E-state index contributed by atoms with van der Waals surface area (Å²) < 4.78 is 5.91. The Morgan fingerprint density at radius 1 is 1.15 bits per heavy atom. The van der Waals surface area contributed by atoms with Crippen molar-refractivity contribution < 1.29 is 9.53 Å². The van der Waals surface area contributed by atoms with E-state index in [0.29, 0.717) is 12.2 Å². The van der Waals surface area contributed by atoms with Crippen LogP contribution < -0.4 is 21.1 Å². The molecule has 2 aromatic rings. The van der Waals surface area contributed by atoms with Gasteiger partial charge in [0.2, 0.25) is 0 Å². The number of nitrogens with two attached hydrogens (primary N) is 1. The fourth-order valence-electron chi connectivity index (χ4n) is 3.15. The lowest BCUT2D eigenvalue weighted by atomic mass is 10.1. The number of likely N-dealkylation sites (N-methyl/N-ethyl adjacent to an activating group) is 1. The van der Waals surface area contributed by atoms with Gasteiger partial charge in [0, 0.05) is 6.54 Å². The summed E-state index contributed by atoms with van der Waals surface area (Å²) in [5.41, 5.74) is 8.62. The standard InChI is InChI=1S/C20H26N4O2/c1-3-24(4-2)11-12-26-15-8-5-7-14(13-15)20-22-17-10-6-9-16(19(21)25)18(17)23-20/h5-10,13,20,22-23H,3-4,11-12H2,1-2H3,(H2,21,25). The summed E-state index contributed by atoms with van der Waals surface area (Å²) in [5.74, 6) is 0.398. The molecular weight excluding hydrogens is 328 g/mol. The quantitative estimate of drug-likeness (QED) is 0.679.